The van der Waals surface area contributed by atoms with Crippen molar-refractivity contribution >= 4 is 5.69 Å². The third-order valence-electron chi connectivity index (χ3n) is 4.87. The molecule has 170 valence electrons. The molecule has 3 rings (SSSR count). The van der Waals surface area contributed by atoms with Crippen molar-refractivity contribution in [2.75, 3.05) is 13.2 Å². The molecule has 32 heavy (non-hydrogen) atoms. The zero-order chi connectivity index (χ0) is 23.3. The molecular formula is C20H22N4O8. The molecule has 3 atom stereocenters. The molecule has 1 aliphatic heterocycles. The summed E-state index contributed by atoms with van der Waals surface area (Å²) < 4.78 is 12.0. The number of nitrogens with two attached hydrogens (primary N) is 1. The van der Waals surface area contributed by atoms with E-state index >= 15 is 0 Å². The van der Waals surface area contributed by atoms with E-state index in [1.165, 1.54) is 18.3 Å². The van der Waals surface area contributed by atoms with Gasteiger partial charge in [-0.25, -0.2) is 4.79 Å². The van der Waals surface area contributed by atoms with Crippen molar-refractivity contribution in [3.63, 3.8) is 0 Å². The van der Waals surface area contributed by atoms with E-state index in [-0.39, 0.29) is 43.0 Å². The SMILES string of the molecule is NCC#Cc1ccc(COCc2cn([C@H]3C[C@H](O)[C@@H](CO)O3)c(=O)[nH]c2=O)c([N+](=O)[O-])c1. The van der Waals surface area contributed by atoms with Gasteiger partial charge in [-0.15, -0.1) is 0 Å². The van der Waals surface area contributed by atoms with Crippen molar-refractivity contribution in [2.45, 2.75) is 38.1 Å². The van der Waals surface area contributed by atoms with Gasteiger partial charge in [-0.05, 0) is 12.1 Å². The van der Waals surface area contributed by atoms with Crippen molar-refractivity contribution < 1.29 is 24.6 Å². The first-order chi connectivity index (χ1) is 15.3. The molecule has 0 amide bonds. The molecule has 1 aromatic heterocycles. The fourth-order valence-corrected chi connectivity index (χ4v) is 3.25. The van der Waals surface area contributed by atoms with Crippen LogP contribution in [0.1, 0.15) is 29.3 Å². The third-order valence-corrected chi connectivity index (χ3v) is 4.87. The summed E-state index contributed by atoms with van der Waals surface area (Å²) in [6.45, 7) is -0.688. The fraction of sp³-hybridized carbons (Fsp3) is 0.400. The number of aliphatic hydroxyl groups excluding tert-OH is 2. The van der Waals surface area contributed by atoms with Crippen LogP contribution in [0.4, 0.5) is 5.69 Å². The highest BCUT2D eigenvalue weighted by atomic mass is 16.6. The van der Waals surface area contributed by atoms with Gasteiger partial charge in [0.05, 0.1) is 48.5 Å². The second-order valence-corrected chi connectivity index (χ2v) is 7.03. The van der Waals surface area contributed by atoms with E-state index in [2.05, 4.69) is 16.8 Å². The van der Waals surface area contributed by atoms with Gasteiger partial charge in [0.15, 0.2) is 0 Å². The Kier molecular flexibility index (Phi) is 7.52. The summed E-state index contributed by atoms with van der Waals surface area (Å²) in [6, 6.07) is 4.42. The van der Waals surface area contributed by atoms with Crippen molar-refractivity contribution in [1.82, 2.24) is 9.55 Å². The molecule has 2 heterocycles. The number of nitro groups is 1. The Morgan fingerprint density at radius 2 is 2.09 bits per heavy atom. The molecule has 0 aliphatic carbocycles. The molecule has 12 heteroatoms. The number of rotatable bonds is 7. The molecular weight excluding hydrogens is 424 g/mol. The molecule has 0 bridgehead atoms. The number of nitrogens with one attached hydrogen (secondary N) is 1. The first-order valence-electron chi connectivity index (χ1n) is 9.66. The average molecular weight is 446 g/mol. The van der Waals surface area contributed by atoms with Crippen LogP contribution in [-0.2, 0) is 22.7 Å². The van der Waals surface area contributed by atoms with Crippen LogP contribution in [0.5, 0.6) is 0 Å². The summed E-state index contributed by atoms with van der Waals surface area (Å²) >= 11 is 0. The topological polar surface area (TPSA) is 183 Å². The number of hydrogen-bond acceptors (Lipinski definition) is 9. The summed E-state index contributed by atoms with van der Waals surface area (Å²) in [5.74, 6) is 5.34. The summed E-state index contributed by atoms with van der Waals surface area (Å²) in [5.41, 5.74) is 4.52. The highest BCUT2D eigenvalue weighted by molar-refractivity contribution is 5.48. The summed E-state index contributed by atoms with van der Waals surface area (Å²) in [5, 5.41) is 30.5. The third kappa shape index (κ3) is 5.28. The maximum Gasteiger partial charge on any atom is 0.330 e. The molecule has 1 aliphatic rings. The molecule has 0 unspecified atom stereocenters. The molecule has 12 nitrogen and oxygen atoms in total. The Balaban J connectivity index is 1.75. The maximum atomic E-state index is 12.2. The lowest BCUT2D eigenvalue weighted by Crippen LogP contribution is -2.34. The van der Waals surface area contributed by atoms with Gasteiger partial charge in [-0.2, -0.15) is 0 Å². The van der Waals surface area contributed by atoms with Crippen molar-refractivity contribution in [3.8, 4) is 11.8 Å². The smallest absolute Gasteiger partial charge is 0.330 e. The van der Waals surface area contributed by atoms with Gasteiger partial charge in [-0.3, -0.25) is 24.5 Å². The standard InChI is InChI=1S/C20H22N4O8/c21-5-1-2-12-3-4-13(15(6-12)24(29)30)10-31-11-14-8-23(20(28)22-19(14)27)18-7-16(26)17(9-25)32-18/h3-4,6,8,16-18,25-26H,5,7,9-11,21H2,(H,22,27,28)/t16-,17+,18+/m0/s1. The lowest BCUT2D eigenvalue weighted by atomic mass is 10.1. The van der Waals surface area contributed by atoms with Gasteiger partial charge in [0.1, 0.15) is 12.3 Å². The van der Waals surface area contributed by atoms with Gasteiger partial charge in [-0.1, -0.05) is 11.8 Å². The van der Waals surface area contributed by atoms with Gasteiger partial charge < -0.3 is 25.4 Å². The Hall–Kier alpha value is -3.34. The van der Waals surface area contributed by atoms with E-state index in [4.69, 9.17) is 15.2 Å². The second-order valence-electron chi connectivity index (χ2n) is 7.03. The lowest BCUT2D eigenvalue weighted by Gasteiger charge is -2.15. The molecule has 0 saturated carbocycles. The predicted molar refractivity (Wildman–Crippen MR) is 110 cm³/mol. The van der Waals surface area contributed by atoms with E-state index in [9.17, 15) is 29.9 Å². The molecule has 0 radical (unpaired) electrons. The Bertz CT molecular complexity index is 1160. The quantitative estimate of drug-likeness (QED) is 0.238. The van der Waals surface area contributed by atoms with Crippen LogP contribution in [0.2, 0.25) is 0 Å². The Morgan fingerprint density at radius 3 is 2.75 bits per heavy atom. The van der Waals surface area contributed by atoms with E-state index in [0.29, 0.717) is 5.56 Å². The lowest BCUT2D eigenvalue weighted by molar-refractivity contribution is -0.386. The van der Waals surface area contributed by atoms with Crippen molar-refractivity contribution in [3.05, 3.63) is 72.0 Å². The number of aromatic nitrogens is 2. The normalized spacial score (nSPS) is 20.0. The van der Waals surface area contributed by atoms with Gasteiger partial charge in [0, 0.05) is 24.2 Å². The van der Waals surface area contributed by atoms with E-state index in [1.807, 2.05) is 0 Å². The van der Waals surface area contributed by atoms with Crippen LogP contribution >= 0.6 is 0 Å². The van der Waals surface area contributed by atoms with E-state index in [0.717, 1.165) is 4.57 Å². The highest BCUT2D eigenvalue weighted by Crippen LogP contribution is 2.27. The van der Waals surface area contributed by atoms with E-state index in [1.54, 1.807) is 6.07 Å². The highest BCUT2D eigenvalue weighted by Gasteiger charge is 2.35. The molecule has 1 aromatic carbocycles. The summed E-state index contributed by atoms with van der Waals surface area (Å²) in [7, 11) is 0. The van der Waals surface area contributed by atoms with Crippen LogP contribution in [0.25, 0.3) is 0 Å². The maximum absolute atomic E-state index is 12.2. The van der Waals surface area contributed by atoms with Crippen molar-refractivity contribution in [1.29, 1.82) is 0 Å². The first-order valence-corrected chi connectivity index (χ1v) is 9.66. The van der Waals surface area contributed by atoms with Crippen LogP contribution in [-0.4, -0.2) is 50.0 Å². The largest absolute Gasteiger partial charge is 0.394 e. The van der Waals surface area contributed by atoms with E-state index < -0.39 is 41.2 Å². The first kappa shape index (κ1) is 23.3. The summed E-state index contributed by atoms with van der Waals surface area (Å²) in [6.07, 6.45) is -1.35. The van der Waals surface area contributed by atoms with Crippen molar-refractivity contribution in [2.24, 2.45) is 5.73 Å². The zero-order valence-electron chi connectivity index (χ0n) is 16.9. The number of H-pyrrole nitrogens is 1. The Morgan fingerprint density at radius 1 is 1.34 bits per heavy atom. The van der Waals surface area contributed by atoms with Crippen LogP contribution in [0.3, 0.4) is 0 Å². The number of benzene rings is 1. The second kappa shape index (κ2) is 10.3. The molecule has 0 spiro atoms. The number of hydrogen-bond donors (Lipinski definition) is 4. The van der Waals surface area contributed by atoms with Crippen LogP contribution in [0.15, 0.2) is 34.0 Å². The van der Waals surface area contributed by atoms with Gasteiger partial charge in [0.2, 0.25) is 0 Å². The fourth-order valence-electron chi connectivity index (χ4n) is 3.25. The van der Waals surface area contributed by atoms with Crippen LogP contribution < -0.4 is 17.0 Å². The van der Waals surface area contributed by atoms with Crippen LogP contribution in [0, 0.1) is 22.0 Å². The zero-order valence-corrected chi connectivity index (χ0v) is 16.9. The number of nitro benzene ring substituents is 1. The molecule has 5 N–H and O–H groups in total. The minimum atomic E-state index is -0.957. The monoisotopic (exact) mass is 446 g/mol. The van der Waals surface area contributed by atoms with Gasteiger partial charge in [0.25, 0.3) is 11.2 Å². The molecule has 1 saturated heterocycles. The Labute approximate surface area is 181 Å². The minimum Gasteiger partial charge on any atom is -0.394 e. The predicted octanol–water partition coefficient (Wildman–Crippen LogP) is -0.887. The minimum absolute atomic E-state index is 0.0586. The van der Waals surface area contributed by atoms with Gasteiger partial charge >= 0.3 is 5.69 Å². The number of aliphatic hydroxyl groups is 2. The number of nitrogens with zero attached hydrogens (tertiary/aromatic N) is 2. The number of aromatic amines is 1. The molecule has 1 fully saturated rings. The summed E-state index contributed by atoms with van der Waals surface area (Å²) in [4.78, 5) is 37.3. The average Bonchev–Trinajstić information content (AvgIpc) is 3.14. The number of ether oxygens (including phenoxy) is 2. The molecule has 2 aromatic rings.